The van der Waals surface area contributed by atoms with Crippen LogP contribution < -0.4 is 11.1 Å². The SMILES string of the molecule is CC(C)n1cnc2c(NCCc3ccc(O)cc3)nc(-c3cccc(N)c3)nc21. The molecule has 4 N–H and O–H groups in total. The maximum atomic E-state index is 9.43. The summed E-state index contributed by atoms with van der Waals surface area (Å²) in [5, 5.41) is 12.8. The molecule has 0 amide bonds. The second-order valence-corrected chi connectivity index (χ2v) is 7.28. The number of rotatable bonds is 6. The highest BCUT2D eigenvalue weighted by molar-refractivity contribution is 5.85. The summed E-state index contributed by atoms with van der Waals surface area (Å²) >= 11 is 0. The van der Waals surface area contributed by atoms with Gasteiger partial charge in [-0.3, -0.25) is 0 Å². The third-order valence-electron chi connectivity index (χ3n) is 4.77. The number of aromatic hydroxyl groups is 1. The van der Waals surface area contributed by atoms with E-state index in [4.69, 9.17) is 15.7 Å². The van der Waals surface area contributed by atoms with Gasteiger partial charge >= 0.3 is 0 Å². The standard InChI is InChI=1S/C22H24N6O/c1-14(2)28-13-25-19-21(24-11-10-15-6-8-18(29)9-7-15)26-20(27-22(19)28)16-4-3-5-17(23)12-16/h3-9,12-14,29H,10-11,23H2,1-2H3,(H,24,26,27). The minimum Gasteiger partial charge on any atom is -0.508 e. The third-order valence-corrected chi connectivity index (χ3v) is 4.77. The van der Waals surface area contributed by atoms with Gasteiger partial charge in [-0.15, -0.1) is 0 Å². The lowest BCUT2D eigenvalue weighted by atomic mass is 10.1. The van der Waals surface area contributed by atoms with Gasteiger partial charge < -0.3 is 20.7 Å². The number of aromatic nitrogens is 4. The number of imidazole rings is 1. The summed E-state index contributed by atoms with van der Waals surface area (Å²) in [6.07, 6.45) is 2.60. The minimum atomic E-state index is 0.230. The molecular formula is C22H24N6O. The summed E-state index contributed by atoms with van der Waals surface area (Å²) in [6.45, 7) is 4.88. The summed E-state index contributed by atoms with van der Waals surface area (Å²) in [7, 11) is 0. The van der Waals surface area contributed by atoms with Crippen LogP contribution in [0.15, 0.2) is 54.9 Å². The van der Waals surface area contributed by atoms with Gasteiger partial charge in [0.05, 0.1) is 6.33 Å². The fourth-order valence-corrected chi connectivity index (χ4v) is 3.21. The van der Waals surface area contributed by atoms with Crippen molar-refractivity contribution in [3.63, 3.8) is 0 Å². The Kier molecular flexibility index (Phi) is 5.03. The molecule has 148 valence electrons. The van der Waals surface area contributed by atoms with E-state index in [1.807, 2.05) is 41.0 Å². The van der Waals surface area contributed by atoms with Gasteiger partial charge in [-0.25, -0.2) is 15.0 Å². The van der Waals surface area contributed by atoms with Crippen molar-refractivity contribution < 1.29 is 5.11 Å². The number of hydrogen-bond donors (Lipinski definition) is 3. The Hall–Kier alpha value is -3.61. The smallest absolute Gasteiger partial charge is 0.166 e. The second-order valence-electron chi connectivity index (χ2n) is 7.28. The molecule has 0 spiro atoms. The number of phenols is 1. The van der Waals surface area contributed by atoms with E-state index in [1.54, 1.807) is 18.5 Å². The Labute approximate surface area is 169 Å². The number of nitrogens with zero attached hydrogens (tertiary/aromatic N) is 4. The largest absolute Gasteiger partial charge is 0.508 e. The highest BCUT2D eigenvalue weighted by Crippen LogP contribution is 2.26. The van der Waals surface area contributed by atoms with Crippen molar-refractivity contribution in [3.05, 3.63) is 60.4 Å². The molecule has 4 aromatic rings. The zero-order valence-corrected chi connectivity index (χ0v) is 16.5. The van der Waals surface area contributed by atoms with E-state index < -0.39 is 0 Å². The summed E-state index contributed by atoms with van der Waals surface area (Å²) < 4.78 is 2.04. The summed E-state index contributed by atoms with van der Waals surface area (Å²) in [5.41, 5.74) is 10.2. The predicted octanol–water partition coefficient (Wildman–Crippen LogP) is 4.02. The first-order valence-electron chi connectivity index (χ1n) is 9.63. The first-order valence-corrected chi connectivity index (χ1v) is 9.63. The van der Waals surface area contributed by atoms with E-state index in [0.29, 0.717) is 23.9 Å². The van der Waals surface area contributed by atoms with Crippen molar-refractivity contribution in [2.75, 3.05) is 17.6 Å². The molecule has 2 aromatic heterocycles. The van der Waals surface area contributed by atoms with Crippen molar-refractivity contribution in [2.45, 2.75) is 26.3 Å². The fraction of sp³-hybridized carbons (Fsp3) is 0.227. The molecule has 4 rings (SSSR count). The number of anilines is 2. The lowest BCUT2D eigenvalue weighted by Gasteiger charge is -2.11. The molecule has 0 atom stereocenters. The quantitative estimate of drug-likeness (QED) is 0.431. The van der Waals surface area contributed by atoms with Crippen LogP contribution in [0.4, 0.5) is 11.5 Å². The maximum Gasteiger partial charge on any atom is 0.166 e. The van der Waals surface area contributed by atoms with E-state index >= 15 is 0 Å². The highest BCUT2D eigenvalue weighted by Gasteiger charge is 2.15. The molecule has 0 aliphatic rings. The molecule has 0 aliphatic carbocycles. The molecule has 2 heterocycles. The van der Waals surface area contributed by atoms with Crippen molar-refractivity contribution >= 4 is 22.7 Å². The Morgan fingerprint density at radius 3 is 2.62 bits per heavy atom. The van der Waals surface area contributed by atoms with E-state index in [1.165, 1.54) is 0 Å². The van der Waals surface area contributed by atoms with E-state index in [0.717, 1.165) is 28.7 Å². The average molecular weight is 388 g/mol. The van der Waals surface area contributed by atoms with Crippen LogP contribution in [0.5, 0.6) is 5.75 Å². The van der Waals surface area contributed by atoms with Crippen LogP contribution in [-0.4, -0.2) is 31.2 Å². The number of phenolic OH excluding ortho intramolecular Hbond substituents is 1. The maximum absolute atomic E-state index is 9.43. The van der Waals surface area contributed by atoms with Crippen molar-refractivity contribution in [1.29, 1.82) is 0 Å². The van der Waals surface area contributed by atoms with E-state index in [2.05, 4.69) is 24.1 Å². The molecular weight excluding hydrogens is 364 g/mol. The topological polar surface area (TPSA) is 102 Å². The van der Waals surface area contributed by atoms with E-state index in [9.17, 15) is 5.11 Å². The zero-order chi connectivity index (χ0) is 20.4. The molecule has 2 aromatic carbocycles. The van der Waals surface area contributed by atoms with Gasteiger partial charge in [0.2, 0.25) is 0 Å². The lowest BCUT2D eigenvalue weighted by Crippen LogP contribution is -2.09. The van der Waals surface area contributed by atoms with Gasteiger partial charge in [-0.1, -0.05) is 24.3 Å². The molecule has 0 saturated carbocycles. The van der Waals surface area contributed by atoms with Gasteiger partial charge in [0.25, 0.3) is 0 Å². The zero-order valence-electron chi connectivity index (χ0n) is 16.5. The van der Waals surface area contributed by atoms with Gasteiger partial charge in [-0.2, -0.15) is 0 Å². The summed E-state index contributed by atoms with van der Waals surface area (Å²) in [6, 6.07) is 15.0. The molecule has 7 heteroatoms. The van der Waals surface area contributed by atoms with Gasteiger partial charge in [0.1, 0.15) is 11.3 Å². The summed E-state index contributed by atoms with van der Waals surface area (Å²) in [5.74, 6) is 1.58. The second kappa shape index (κ2) is 7.79. The van der Waals surface area contributed by atoms with Crippen LogP contribution in [-0.2, 0) is 6.42 Å². The molecule has 7 nitrogen and oxygen atoms in total. The highest BCUT2D eigenvalue weighted by atomic mass is 16.3. The molecule has 0 fully saturated rings. The lowest BCUT2D eigenvalue weighted by molar-refractivity contribution is 0.475. The fourth-order valence-electron chi connectivity index (χ4n) is 3.21. The molecule has 0 bridgehead atoms. The number of nitrogens with two attached hydrogens (primary N) is 1. The number of hydrogen-bond acceptors (Lipinski definition) is 6. The monoisotopic (exact) mass is 388 g/mol. The number of nitrogen functional groups attached to an aromatic ring is 1. The molecule has 0 saturated heterocycles. The first kappa shape index (κ1) is 18.7. The van der Waals surface area contributed by atoms with Crippen molar-refractivity contribution in [1.82, 2.24) is 19.5 Å². The Morgan fingerprint density at radius 1 is 1.10 bits per heavy atom. The summed E-state index contributed by atoms with van der Waals surface area (Å²) in [4.78, 5) is 14.1. The Morgan fingerprint density at radius 2 is 1.90 bits per heavy atom. The van der Waals surface area contributed by atoms with Crippen LogP contribution in [0.3, 0.4) is 0 Å². The molecule has 0 unspecified atom stereocenters. The number of nitrogens with one attached hydrogen (secondary N) is 1. The van der Waals surface area contributed by atoms with Crippen LogP contribution in [0, 0.1) is 0 Å². The normalized spacial score (nSPS) is 11.3. The van der Waals surface area contributed by atoms with Gasteiger partial charge in [0, 0.05) is 23.8 Å². The number of fused-ring (bicyclic) bond motifs is 1. The van der Waals surface area contributed by atoms with Crippen LogP contribution >= 0.6 is 0 Å². The third kappa shape index (κ3) is 3.99. The first-order chi connectivity index (χ1) is 14.0. The Bertz CT molecular complexity index is 1130. The van der Waals surface area contributed by atoms with Crippen molar-refractivity contribution in [3.8, 4) is 17.1 Å². The number of benzene rings is 2. The Balaban J connectivity index is 1.68. The predicted molar refractivity (Wildman–Crippen MR) is 116 cm³/mol. The molecule has 0 aliphatic heterocycles. The van der Waals surface area contributed by atoms with Crippen LogP contribution in [0.1, 0.15) is 25.5 Å². The molecule has 29 heavy (non-hydrogen) atoms. The van der Waals surface area contributed by atoms with E-state index in [-0.39, 0.29) is 11.8 Å². The van der Waals surface area contributed by atoms with Crippen LogP contribution in [0.2, 0.25) is 0 Å². The minimum absolute atomic E-state index is 0.230. The van der Waals surface area contributed by atoms with Gasteiger partial charge in [0.15, 0.2) is 17.3 Å². The van der Waals surface area contributed by atoms with Crippen LogP contribution in [0.25, 0.3) is 22.6 Å². The van der Waals surface area contributed by atoms with Crippen molar-refractivity contribution in [2.24, 2.45) is 0 Å². The average Bonchev–Trinajstić information content (AvgIpc) is 3.14. The molecule has 0 radical (unpaired) electrons. The van der Waals surface area contributed by atoms with Gasteiger partial charge in [-0.05, 0) is 50.1 Å².